The normalized spacial score (nSPS) is 24.1. The van der Waals surface area contributed by atoms with E-state index >= 15 is 0 Å². The molecule has 1 amide bonds. The number of carbonyl (C=O) groups is 2. The first-order valence-electron chi connectivity index (χ1n) is 6.78. The highest BCUT2D eigenvalue weighted by atomic mass is 16.5. The first-order valence-corrected chi connectivity index (χ1v) is 6.78. The Balaban J connectivity index is 2.40. The van der Waals surface area contributed by atoms with Gasteiger partial charge in [-0.2, -0.15) is 0 Å². The van der Waals surface area contributed by atoms with E-state index in [9.17, 15) is 14.7 Å². The van der Waals surface area contributed by atoms with Crippen LogP contribution >= 0.6 is 0 Å². The number of amides is 1. The van der Waals surface area contributed by atoms with E-state index in [1.165, 1.54) is 0 Å². The Labute approximate surface area is 114 Å². The monoisotopic (exact) mass is 272 g/mol. The van der Waals surface area contributed by atoms with Crippen LogP contribution in [0.1, 0.15) is 26.2 Å². The van der Waals surface area contributed by atoms with Crippen LogP contribution in [0, 0.1) is 5.92 Å². The second-order valence-electron chi connectivity index (χ2n) is 5.07. The summed E-state index contributed by atoms with van der Waals surface area (Å²) < 4.78 is 4.90. The number of aliphatic carboxylic acids is 1. The fourth-order valence-corrected chi connectivity index (χ4v) is 2.53. The summed E-state index contributed by atoms with van der Waals surface area (Å²) in [5.41, 5.74) is 0. The molecule has 6 heteroatoms. The van der Waals surface area contributed by atoms with Gasteiger partial charge in [0, 0.05) is 20.3 Å². The van der Waals surface area contributed by atoms with Gasteiger partial charge in [-0.3, -0.25) is 14.5 Å². The standard InChI is InChI=1S/C13H24N2O4/c1-10-5-3-7-15(12(10)13(17)18)9-11(16)14-6-4-8-19-2/h10,12H,3-9H2,1-2H3,(H,14,16)(H,17,18). The molecule has 6 nitrogen and oxygen atoms in total. The summed E-state index contributed by atoms with van der Waals surface area (Å²) in [5, 5.41) is 12.0. The zero-order chi connectivity index (χ0) is 14.3. The first kappa shape index (κ1) is 15.9. The first-order chi connectivity index (χ1) is 9.06. The maximum Gasteiger partial charge on any atom is 0.321 e. The molecular formula is C13H24N2O4. The quantitative estimate of drug-likeness (QED) is 0.653. The fourth-order valence-electron chi connectivity index (χ4n) is 2.53. The van der Waals surface area contributed by atoms with Crippen molar-refractivity contribution in [2.24, 2.45) is 5.92 Å². The number of carboxylic acid groups (broad SMARTS) is 1. The van der Waals surface area contributed by atoms with Crippen LogP contribution in [0.5, 0.6) is 0 Å². The molecule has 2 N–H and O–H groups in total. The Morgan fingerprint density at radius 1 is 1.47 bits per heavy atom. The maximum absolute atomic E-state index is 11.8. The van der Waals surface area contributed by atoms with Crippen LogP contribution in [0.25, 0.3) is 0 Å². The van der Waals surface area contributed by atoms with Crippen LogP contribution in [-0.4, -0.2) is 61.3 Å². The lowest BCUT2D eigenvalue weighted by molar-refractivity contribution is -0.147. The van der Waals surface area contributed by atoms with Gasteiger partial charge in [-0.1, -0.05) is 6.92 Å². The van der Waals surface area contributed by atoms with E-state index in [0.717, 1.165) is 19.3 Å². The lowest BCUT2D eigenvalue weighted by Gasteiger charge is -2.36. The molecule has 0 radical (unpaired) electrons. The summed E-state index contributed by atoms with van der Waals surface area (Å²) in [7, 11) is 1.62. The van der Waals surface area contributed by atoms with Crippen molar-refractivity contribution in [2.75, 3.05) is 33.4 Å². The number of hydrogen-bond donors (Lipinski definition) is 2. The zero-order valence-electron chi connectivity index (χ0n) is 11.7. The van der Waals surface area contributed by atoms with E-state index in [1.807, 2.05) is 6.92 Å². The minimum Gasteiger partial charge on any atom is -0.480 e. The van der Waals surface area contributed by atoms with E-state index in [1.54, 1.807) is 12.0 Å². The third-order valence-corrected chi connectivity index (χ3v) is 3.48. The van der Waals surface area contributed by atoms with Gasteiger partial charge in [0.2, 0.25) is 5.91 Å². The molecule has 1 saturated heterocycles. The molecule has 1 heterocycles. The lowest BCUT2D eigenvalue weighted by Crippen LogP contribution is -2.52. The van der Waals surface area contributed by atoms with Gasteiger partial charge in [0.15, 0.2) is 0 Å². The molecule has 110 valence electrons. The van der Waals surface area contributed by atoms with Crippen molar-refractivity contribution in [2.45, 2.75) is 32.2 Å². The largest absolute Gasteiger partial charge is 0.480 e. The number of nitrogens with one attached hydrogen (secondary N) is 1. The van der Waals surface area contributed by atoms with Crippen molar-refractivity contribution < 1.29 is 19.4 Å². The predicted molar refractivity (Wildman–Crippen MR) is 70.9 cm³/mol. The average molecular weight is 272 g/mol. The maximum atomic E-state index is 11.8. The number of ether oxygens (including phenoxy) is 1. The molecule has 2 atom stereocenters. The van der Waals surface area contributed by atoms with Crippen molar-refractivity contribution in [1.82, 2.24) is 10.2 Å². The SMILES string of the molecule is COCCCNC(=O)CN1CCCC(C)C1C(=O)O. The van der Waals surface area contributed by atoms with Gasteiger partial charge in [0.1, 0.15) is 6.04 Å². The molecule has 0 aliphatic carbocycles. The Kier molecular flexibility index (Phi) is 6.80. The van der Waals surface area contributed by atoms with E-state index in [4.69, 9.17) is 4.74 Å². The Morgan fingerprint density at radius 2 is 2.21 bits per heavy atom. The Hall–Kier alpha value is -1.14. The van der Waals surface area contributed by atoms with E-state index in [-0.39, 0.29) is 18.4 Å². The molecule has 0 spiro atoms. The summed E-state index contributed by atoms with van der Waals surface area (Å²) in [6.45, 7) is 3.94. The minimum absolute atomic E-state index is 0.0903. The van der Waals surface area contributed by atoms with Crippen LogP contribution in [0.3, 0.4) is 0 Å². The van der Waals surface area contributed by atoms with Crippen LogP contribution in [0.15, 0.2) is 0 Å². The molecule has 1 aliphatic rings. The third-order valence-electron chi connectivity index (χ3n) is 3.48. The van der Waals surface area contributed by atoms with E-state index < -0.39 is 12.0 Å². The summed E-state index contributed by atoms with van der Waals surface area (Å²) >= 11 is 0. The highest BCUT2D eigenvalue weighted by molar-refractivity contribution is 5.80. The predicted octanol–water partition coefficient (Wildman–Crippen LogP) is 0.324. The van der Waals surface area contributed by atoms with Gasteiger partial charge in [0.05, 0.1) is 6.54 Å². The number of rotatable bonds is 7. The van der Waals surface area contributed by atoms with Crippen molar-refractivity contribution in [3.05, 3.63) is 0 Å². The second kappa shape index (κ2) is 8.12. The molecule has 0 aromatic carbocycles. The van der Waals surface area contributed by atoms with Crippen molar-refractivity contribution in [3.63, 3.8) is 0 Å². The molecule has 0 saturated carbocycles. The van der Waals surface area contributed by atoms with Crippen LogP contribution in [0.2, 0.25) is 0 Å². The summed E-state index contributed by atoms with van der Waals surface area (Å²) in [5.74, 6) is -0.858. The van der Waals surface area contributed by atoms with Crippen LogP contribution in [0.4, 0.5) is 0 Å². The number of nitrogens with zero attached hydrogens (tertiary/aromatic N) is 1. The highest BCUT2D eigenvalue weighted by Crippen LogP contribution is 2.23. The van der Waals surface area contributed by atoms with Crippen LogP contribution < -0.4 is 5.32 Å². The second-order valence-corrected chi connectivity index (χ2v) is 5.07. The summed E-state index contributed by atoms with van der Waals surface area (Å²) in [6, 6.07) is -0.543. The number of carboxylic acids is 1. The molecular weight excluding hydrogens is 248 g/mol. The topological polar surface area (TPSA) is 78.9 Å². The number of likely N-dealkylation sites (tertiary alicyclic amines) is 1. The van der Waals surface area contributed by atoms with Gasteiger partial charge in [-0.05, 0) is 31.7 Å². The van der Waals surface area contributed by atoms with Gasteiger partial charge >= 0.3 is 5.97 Å². The highest BCUT2D eigenvalue weighted by Gasteiger charge is 2.34. The summed E-state index contributed by atoms with van der Waals surface area (Å²) in [6.07, 6.45) is 2.62. The van der Waals surface area contributed by atoms with E-state index in [2.05, 4.69) is 5.32 Å². The molecule has 1 rings (SSSR count). The number of hydrogen-bond acceptors (Lipinski definition) is 4. The van der Waals surface area contributed by atoms with Crippen molar-refractivity contribution >= 4 is 11.9 Å². The van der Waals surface area contributed by atoms with Crippen molar-refractivity contribution in [3.8, 4) is 0 Å². The van der Waals surface area contributed by atoms with Gasteiger partial charge in [-0.25, -0.2) is 0 Å². The molecule has 0 bridgehead atoms. The molecule has 2 unspecified atom stereocenters. The molecule has 19 heavy (non-hydrogen) atoms. The van der Waals surface area contributed by atoms with E-state index in [0.29, 0.717) is 19.7 Å². The van der Waals surface area contributed by atoms with Gasteiger partial charge < -0.3 is 15.2 Å². The average Bonchev–Trinajstić information content (AvgIpc) is 2.34. The lowest BCUT2D eigenvalue weighted by atomic mass is 9.91. The number of carbonyl (C=O) groups excluding carboxylic acids is 1. The molecule has 1 fully saturated rings. The number of piperidine rings is 1. The smallest absolute Gasteiger partial charge is 0.321 e. The molecule has 0 aromatic heterocycles. The van der Waals surface area contributed by atoms with Gasteiger partial charge in [0.25, 0.3) is 0 Å². The Morgan fingerprint density at radius 3 is 2.84 bits per heavy atom. The molecule has 0 aromatic rings. The zero-order valence-corrected chi connectivity index (χ0v) is 11.7. The molecule has 1 aliphatic heterocycles. The Bertz CT molecular complexity index is 309. The minimum atomic E-state index is -0.834. The van der Waals surface area contributed by atoms with Gasteiger partial charge in [-0.15, -0.1) is 0 Å². The van der Waals surface area contributed by atoms with Crippen LogP contribution in [-0.2, 0) is 14.3 Å². The number of methoxy groups -OCH3 is 1. The van der Waals surface area contributed by atoms with Crippen molar-refractivity contribution in [1.29, 1.82) is 0 Å². The summed E-state index contributed by atoms with van der Waals surface area (Å²) in [4.78, 5) is 24.8. The third kappa shape index (κ3) is 5.16. The fraction of sp³-hybridized carbons (Fsp3) is 0.846.